The minimum atomic E-state index is -0.895. The van der Waals surface area contributed by atoms with Gasteiger partial charge >= 0.3 is 5.97 Å². The van der Waals surface area contributed by atoms with E-state index in [-0.39, 0.29) is 18.1 Å². The lowest BCUT2D eigenvalue weighted by molar-refractivity contribution is -0.136. The lowest BCUT2D eigenvalue weighted by atomic mass is 10.1. The van der Waals surface area contributed by atoms with Gasteiger partial charge < -0.3 is 15.2 Å². The topological polar surface area (TPSA) is 75.6 Å². The molecule has 0 radical (unpaired) electrons. The molecule has 0 aliphatic carbocycles. The number of carbonyl (C=O) groups is 2. The van der Waals surface area contributed by atoms with Gasteiger partial charge in [0.1, 0.15) is 5.25 Å². The van der Waals surface area contributed by atoms with E-state index >= 15 is 0 Å². The number of nitrogens with one attached hydrogen (secondary N) is 1. The summed E-state index contributed by atoms with van der Waals surface area (Å²) in [5.74, 6) is -1.08. The van der Waals surface area contributed by atoms with Gasteiger partial charge in [0, 0.05) is 11.5 Å². The van der Waals surface area contributed by atoms with Gasteiger partial charge in [0.25, 0.3) is 5.91 Å². The van der Waals surface area contributed by atoms with Crippen LogP contribution in [0.15, 0.2) is 29.2 Å². The summed E-state index contributed by atoms with van der Waals surface area (Å²) >= 11 is 1.17. The van der Waals surface area contributed by atoms with Gasteiger partial charge in [0.05, 0.1) is 17.7 Å². The quantitative estimate of drug-likeness (QED) is 0.815. The number of hydrogen-bond acceptors (Lipinski definition) is 4. The van der Waals surface area contributed by atoms with Crippen LogP contribution in [0.4, 0.5) is 0 Å². The van der Waals surface area contributed by atoms with E-state index in [1.807, 2.05) is 6.92 Å². The zero-order valence-corrected chi connectivity index (χ0v) is 12.9. The van der Waals surface area contributed by atoms with Crippen molar-refractivity contribution in [2.75, 3.05) is 6.61 Å². The molecular weight excluding hydrogens is 290 g/mol. The molecule has 5 nitrogen and oxygen atoms in total. The zero-order valence-electron chi connectivity index (χ0n) is 12.0. The van der Waals surface area contributed by atoms with Crippen molar-refractivity contribution in [3.05, 3.63) is 29.8 Å². The Labute approximate surface area is 128 Å². The average molecular weight is 309 g/mol. The maximum Gasteiger partial charge on any atom is 0.316 e. The summed E-state index contributed by atoms with van der Waals surface area (Å²) in [6, 6.07) is 7.07. The van der Waals surface area contributed by atoms with Crippen molar-refractivity contribution in [1.82, 2.24) is 5.32 Å². The number of ether oxygens (including phenoxy) is 1. The standard InChI is InChI=1S/C15H19NO4S/c1-9-12(7-8-20-9)16-14(17)11-5-3-4-6-13(11)21-10(2)15(18)19/h3-6,9-10,12H,7-8H2,1-2H3,(H,16,17)(H,18,19). The van der Waals surface area contributed by atoms with Gasteiger partial charge in [0.2, 0.25) is 0 Å². The molecule has 0 aromatic heterocycles. The second-order valence-corrected chi connectivity index (χ2v) is 6.42. The number of carboxylic acids is 1. The molecule has 1 aliphatic heterocycles. The van der Waals surface area contributed by atoms with Gasteiger partial charge in [-0.25, -0.2) is 0 Å². The second-order valence-electron chi connectivity index (χ2n) is 5.04. The molecule has 1 saturated heterocycles. The summed E-state index contributed by atoms with van der Waals surface area (Å²) in [6.07, 6.45) is 0.806. The summed E-state index contributed by atoms with van der Waals surface area (Å²) in [5.41, 5.74) is 0.509. The van der Waals surface area contributed by atoms with Gasteiger partial charge in [-0.3, -0.25) is 9.59 Å². The highest BCUT2D eigenvalue weighted by Crippen LogP contribution is 2.27. The van der Waals surface area contributed by atoms with E-state index in [2.05, 4.69) is 5.32 Å². The van der Waals surface area contributed by atoms with Crippen LogP contribution >= 0.6 is 11.8 Å². The third-order valence-corrected chi connectivity index (χ3v) is 4.64. The molecule has 0 saturated carbocycles. The fraction of sp³-hybridized carbons (Fsp3) is 0.467. The Morgan fingerprint density at radius 3 is 2.76 bits per heavy atom. The number of rotatable bonds is 5. The lowest BCUT2D eigenvalue weighted by Crippen LogP contribution is -2.39. The molecule has 2 rings (SSSR count). The van der Waals surface area contributed by atoms with E-state index in [1.165, 1.54) is 11.8 Å². The molecule has 1 heterocycles. The molecule has 21 heavy (non-hydrogen) atoms. The number of carboxylic acid groups (broad SMARTS) is 1. The van der Waals surface area contributed by atoms with Crippen LogP contribution in [0, 0.1) is 0 Å². The number of aliphatic carboxylic acids is 1. The van der Waals surface area contributed by atoms with Crippen molar-refractivity contribution in [3.8, 4) is 0 Å². The Hall–Kier alpha value is -1.53. The van der Waals surface area contributed by atoms with Crippen LogP contribution in [-0.4, -0.2) is 41.0 Å². The smallest absolute Gasteiger partial charge is 0.316 e. The summed E-state index contributed by atoms with van der Waals surface area (Å²) in [4.78, 5) is 24.0. The van der Waals surface area contributed by atoms with Crippen LogP contribution in [0.2, 0.25) is 0 Å². The fourth-order valence-electron chi connectivity index (χ4n) is 2.17. The number of hydrogen-bond donors (Lipinski definition) is 2. The Kier molecular flexibility index (Phi) is 5.25. The number of benzene rings is 1. The van der Waals surface area contributed by atoms with Crippen molar-refractivity contribution in [2.45, 2.75) is 42.6 Å². The highest BCUT2D eigenvalue weighted by atomic mass is 32.2. The Morgan fingerprint density at radius 1 is 1.43 bits per heavy atom. The van der Waals surface area contributed by atoms with E-state index < -0.39 is 11.2 Å². The monoisotopic (exact) mass is 309 g/mol. The molecule has 3 atom stereocenters. The van der Waals surface area contributed by atoms with Crippen LogP contribution in [0.5, 0.6) is 0 Å². The number of carbonyl (C=O) groups excluding carboxylic acids is 1. The van der Waals surface area contributed by atoms with Gasteiger partial charge in [-0.05, 0) is 32.4 Å². The Morgan fingerprint density at radius 2 is 2.14 bits per heavy atom. The van der Waals surface area contributed by atoms with E-state index in [4.69, 9.17) is 9.84 Å². The molecule has 6 heteroatoms. The maximum atomic E-state index is 12.4. The van der Waals surface area contributed by atoms with Gasteiger partial charge in [-0.1, -0.05) is 12.1 Å². The van der Waals surface area contributed by atoms with Crippen LogP contribution in [0.3, 0.4) is 0 Å². The van der Waals surface area contributed by atoms with Crippen LogP contribution < -0.4 is 5.32 Å². The van der Waals surface area contributed by atoms with E-state index in [1.54, 1.807) is 31.2 Å². The Bertz CT molecular complexity index is 534. The third kappa shape index (κ3) is 3.98. The van der Waals surface area contributed by atoms with Crippen molar-refractivity contribution >= 4 is 23.6 Å². The summed E-state index contributed by atoms with van der Waals surface area (Å²) in [6.45, 7) is 4.19. The maximum absolute atomic E-state index is 12.4. The zero-order chi connectivity index (χ0) is 15.4. The normalized spacial score (nSPS) is 22.8. The second kappa shape index (κ2) is 6.95. The van der Waals surface area contributed by atoms with Gasteiger partial charge in [-0.15, -0.1) is 11.8 Å². The molecule has 1 aromatic carbocycles. The van der Waals surface area contributed by atoms with Crippen LogP contribution in [-0.2, 0) is 9.53 Å². The van der Waals surface area contributed by atoms with Crippen LogP contribution in [0.25, 0.3) is 0 Å². The third-order valence-electron chi connectivity index (χ3n) is 3.48. The highest BCUT2D eigenvalue weighted by Gasteiger charge is 2.27. The first-order valence-electron chi connectivity index (χ1n) is 6.90. The average Bonchev–Trinajstić information content (AvgIpc) is 2.84. The molecule has 1 aliphatic rings. The first-order chi connectivity index (χ1) is 9.99. The summed E-state index contributed by atoms with van der Waals surface area (Å²) in [5, 5.41) is 11.4. The predicted octanol–water partition coefficient (Wildman–Crippen LogP) is 2.16. The first-order valence-corrected chi connectivity index (χ1v) is 7.78. The largest absolute Gasteiger partial charge is 0.480 e. The van der Waals surface area contributed by atoms with E-state index in [0.29, 0.717) is 17.1 Å². The molecule has 3 unspecified atom stereocenters. The molecule has 114 valence electrons. The number of thioether (sulfide) groups is 1. The summed E-state index contributed by atoms with van der Waals surface area (Å²) < 4.78 is 5.43. The Balaban J connectivity index is 2.11. The molecule has 1 fully saturated rings. The van der Waals surface area contributed by atoms with Crippen LogP contribution in [0.1, 0.15) is 30.6 Å². The minimum Gasteiger partial charge on any atom is -0.480 e. The van der Waals surface area contributed by atoms with Crippen molar-refractivity contribution in [3.63, 3.8) is 0 Å². The number of amides is 1. The first kappa shape index (κ1) is 15.9. The lowest BCUT2D eigenvalue weighted by Gasteiger charge is -2.17. The summed E-state index contributed by atoms with van der Waals surface area (Å²) in [7, 11) is 0. The van der Waals surface area contributed by atoms with Gasteiger partial charge in [-0.2, -0.15) is 0 Å². The minimum absolute atomic E-state index is 0.00621. The molecule has 1 amide bonds. The SMILES string of the molecule is CC(Sc1ccccc1C(=O)NC1CCOC1C)C(=O)O. The van der Waals surface area contributed by atoms with Gasteiger partial charge in [0.15, 0.2) is 0 Å². The van der Waals surface area contributed by atoms with E-state index in [0.717, 1.165) is 6.42 Å². The molecule has 2 N–H and O–H groups in total. The highest BCUT2D eigenvalue weighted by molar-refractivity contribution is 8.00. The van der Waals surface area contributed by atoms with Crippen molar-refractivity contribution in [2.24, 2.45) is 0 Å². The van der Waals surface area contributed by atoms with Crippen molar-refractivity contribution in [1.29, 1.82) is 0 Å². The van der Waals surface area contributed by atoms with Crippen molar-refractivity contribution < 1.29 is 19.4 Å². The fourth-order valence-corrected chi connectivity index (χ4v) is 3.09. The predicted molar refractivity (Wildman–Crippen MR) is 80.7 cm³/mol. The molecule has 1 aromatic rings. The van der Waals surface area contributed by atoms with E-state index in [9.17, 15) is 9.59 Å². The molecular formula is C15H19NO4S. The molecule has 0 spiro atoms. The molecule has 0 bridgehead atoms.